The van der Waals surface area contributed by atoms with E-state index in [1.807, 2.05) is 6.07 Å². The van der Waals surface area contributed by atoms with Gasteiger partial charge in [0.15, 0.2) is 0 Å². The molecule has 3 heteroatoms. The topological polar surface area (TPSA) is 29.3 Å². The van der Waals surface area contributed by atoms with Gasteiger partial charge >= 0.3 is 0 Å². The maximum atomic E-state index is 6.11. The van der Waals surface area contributed by atoms with E-state index in [4.69, 9.17) is 5.73 Å². The molecule has 100 valence electrons. The molecule has 18 heavy (non-hydrogen) atoms. The van der Waals surface area contributed by atoms with Crippen LogP contribution in [-0.4, -0.2) is 13.1 Å². The van der Waals surface area contributed by atoms with E-state index in [-0.39, 0.29) is 0 Å². The van der Waals surface area contributed by atoms with Crippen LogP contribution < -0.4 is 10.6 Å². The molecular formula is C15H23BrN2. The van der Waals surface area contributed by atoms with Crippen LogP contribution in [-0.2, 0) is 0 Å². The highest BCUT2D eigenvalue weighted by Crippen LogP contribution is 2.38. The Hall–Kier alpha value is -0.700. The van der Waals surface area contributed by atoms with Gasteiger partial charge in [0.1, 0.15) is 0 Å². The first-order valence-electron chi connectivity index (χ1n) is 6.67. The number of nitrogen functional groups attached to an aromatic ring is 1. The minimum absolute atomic E-state index is 0.516. The van der Waals surface area contributed by atoms with Gasteiger partial charge in [-0.2, -0.15) is 0 Å². The van der Waals surface area contributed by atoms with Crippen LogP contribution in [0.2, 0.25) is 0 Å². The quantitative estimate of drug-likeness (QED) is 0.818. The zero-order chi connectivity index (χ0) is 13.3. The van der Waals surface area contributed by atoms with Gasteiger partial charge in [0.25, 0.3) is 0 Å². The number of hydrogen-bond acceptors (Lipinski definition) is 2. The predicted molar refractivity (Wildman–Crippen MR) is 83.0 cm³/mol. The first kappa shape index (κ1) is 13.7. The van der Waals surface area contributed by atoms with Crippen molar-refractivity contribution in [1.29, 1.82) is 0 Å². The molecule has 0 saturated heterocycles. The number of benzene rings is 1. The molecular weight excluding hydrogens is 288 g/mol. The summed E-state index contributed by atoms with van der Waals surface area (Å²) in [6.07, 6.45) is 5.13. The van der Waals surface area contributed by atoms with Crippen molar-refractivity contribution in [1.82, 2.24) is 0 Å². The molecule has 1 saturated carbocycles. The second kappa shape index (κ2) is 5.12. The van der Waals surface area contributed by atoms with E-state index in [2.05, 4.69) is 53.9 Å². The van der Waals surface area contributed by atoms with Crippen LogP contribution in [0.25, 0.3) is 0 Å². The summed E-state index contributed by atoms with van der Waals surface area (Å²) >= 11 is 3.46. The maximum absolute atomic E-state index is 6.11. The molecule has 2 N–H and O–H groups in total. The standard InChI is InChI=1S/C15H23BrN2/c1-15(2)8-6-12(7-9-15)18(3)14-5-4-11(16)10-13(14)17/h4-5,10,12H,6-9,17H2,1-3H3. The van der Waals surface area contributed by atoms with Crippen molar-refractivity contribution in [2.45, 2.75) is 45.6 Å². The Bertz CT molecular complexity index is 419. The minimum Gasteiger partial charge on any atom is -0.397 e. The normalized spacial score (nSPS) is 19.8. The van der Waals surface area contributed by atoms with Gasteiger partial charge in [0.05, 0.1) is 11.4 Å². The third-order valence-corrected chi connectivity index (χ3v) is 4.72. The monoisotopic (exact) mass is 310 g/mol. The van der Waals surface area contributed by atoms with Gasteiger partial charge in [-0.05, 0) is 49.3 Å². The van der Waals surface area contributed by atoms with Crippen molar-refractivity contribution < 1.29 is 0 Å². The lowest BCUT2D eigenvalue weighted by Crippen LogP contribution is -2.37. The highest BCUT2D eigenvalue weighted by atomic mass is 79.9. The van der Waals surface area contributed by atoms with Crippen LogP contribution in [0.4, 0.5) is 11.4 Å². The summed E-state index contributed by atoms with van der Waals surface area (Å²) < 4.78 is 1.04. The number of anilines is 2. The van der Waals surface area contributed by atoms with Gasteiger partial charge < -0.3 is 10.6 Å². The first-order valence-corrected chi connectivity index (χ1v) is 7.46. The average Bonchev–Trinajstić information content (AvgIpc) is 2.28. The number of halogens is 1. The Morgan fingerprint density at radius 1 is 1.28 bits per heavy atom. The van der Waals surface area contributed by atoms with E-state index in [0.29, 0.717) is 11.5 Å². The molecule has 0 bridgehead atoms. The van der Waals surface area contributed by atoms with Crippen molar-refractivity contribution in [2.24, 2.45) is 5.41 Å². The lowest BCUT2D eigenvalue weighted by Gasteiger charge is -2.40. The van der Waals surface area contributed by atoms with Crippen molar-refractivity contribution >= 4 is 27.3 Å². The Labute approximate surface area is 119 Å². The highest BCUT2D eigenvalue weighted by Gasteiger charge is 2.29. The van der Waals surface area contributed by atoms with Crippen LogP contribution in [0.3, 0.4) is 0 Å². The summed E-state index contributed by atoms with van der Waals surface area (Å²) in [5.74, 6) is 0. The van der Waals surface area contributed by atoms with Crippen molar-refractivity contribution in [3.05, 3.63) is 22.7 Å². The molecule has 1 fully saturated rings. The number of nitrogens with zero attached hydrogens (tertiary/aromatic N) is 1. The van der Waals surface area contributed by atoms with Gasteiger partial charge in [0.2, 0.25) is 0 Å². The lowest BCUT2D eigenvalue weighted by molar-refractivity contribution is 0.222. The molecule has 0 atom stereocenters. The fourth-order valence-electron chi connectivity index (χ4n) is 2.81. The third-order valence-electron chi connectivity index (χ3n) is 4.23. The van der Waals surface area contributed by atoms with Crippen LogP contribution >= 0.6 is 15.9 Å². The molecule has 1 aromatic carbocycles. The smallest absolute Gasteiger partial charge is 0.0600 e. The van der Waals surface area contributed by atoms with E-state index in [0.717, 1.165) is 15.8 Å². The van der Waals surface area contributed by atoms with Crippen LogP contribution in [0, 0.1) is 5.41 Å². The number of rotatable bonds is 2. The first-order chi connectivity index (χ1) is 8.39. The van der Waals surface area contributed by atoms with Gasteiger partial charge in [-0.25, -0.2) is 0 Å². The van der Waals surface area contributed by atoms with Crippen molar-refractivity contribution in [3.63, 3.8) is 0 Å². The van der Waals surface area contributed by atoms with E-state index in [1.54, 1.807) is 0 Å². The van der Waals surface area contributed by atoms with Gasteiger partial charge in [-0.1, -0.05) is 29.8 Å². The molecule has 0 aromatic heterocycles. The van der Waals surface area contributed by atoms with Crippen LogP contribution in [0.15, 0.2) is 22.7 Å². The molecule has 2 rings (SSSR count). The summed E-state index contributed by atoms with van der Waals surface area (Å²) in [4.78, 5) is 2.36. The summed E-state index contributed by atoms with van der Waals surface area (Å²) in [5.41, 5.74) is 8.64. The average molecular weight is 311 g/mol. The molecule has 0 heterocycles. The van der Waals surface area contributed by atoms with Crippen molar-refractivity contribution in [3.8, 4) is 0 Å². The van der Waals surface area contributed by atoms with E-state index < -0.39 is 0 Å². The molecule has 0 spiro atoms. The number of nitrogens with two attached hydrogens (primary N) is 1. The third kappa shape index (κ3) is 3.00. The second-order valence-electron chi connectivity index (χ2n) is 6.21. The summed E-state index contributed by atoms with van der Waals surface area (Å²) in [7, 11) is 2.17. The molecule has 0 amide bonds. The highest BCUT2D eigenvalue weighted by molar-refractivity contribution is 9.10. The summed E-state index contributed by atoms with van der Waals surface area (Å²) in [6.45, 7) is 4.74. The molecule has 0 radical (unpaired) electrons. The lowest BCUT2D eigenvalue weighted by atomic mass is 9.75. The van der Waals surface area contributed by atoms with Crippen molar-refractivity contribution in [2.75, 3.05) is 17.7 Å². The Morgan fingerprint density at radius 2 is 1.89 bits per heavy atom. The molecule has 0 unspecified atom stereocenters. The zero-order valence-corrected chi connectivity index (χ0v) is 13.1. The summed E-state index contributed by atoms with van der Waals surface area (Å²) in [6, 6.07) is 6.79. The largest absolute Gasteiger partial charge is 0.397 e. The molecule has 1 aliphatic rings. The van der Waals surface area contributed by atoms with E-state index in [1.165, 1.54) is 25.7 Å². The van der Waals surface area contributed by atoms with Gasteiger partial charge in [-0.15, -0.1) is 0 Å². The molecule has 0 aliphatic heterocycles. The second-order valence-corrected chi connectivity index (χ2v) is 7.13. The number of hydrogen-bond donors (Lipinski definition) is 1. The van der Waals surface area contributed by atoms with Crippen LogP contribution in [0.5, 0.6) is 0 Å². The molecule has 1 aromatic rings. The Kier molecular flexibility index (Phi) is 3.90. The fraction of sp³-hybridized carbons (Fsp3) is 0.600. The van der Waals surface area contributed by atoms with E-state index >= 15 is 0 Å². The SMILES string of the molecule is CN(c1ccc(Br)cc1N)C1CCC(C)(C)CC1. The predicted octanol–water partition coefficient (Wildman–Crippen LogP) is 4.44. The molecule has 2 nitrogen and oxygen atoms in total. The Balaban J connectivity index is 2.10. The van der Waals surface area contributed by atoms with E-state index in [9.17, 15) is 0 Å². The maximum Gasteiger partial charge on any atom is 0.0600 e. The minimum atomic E-state index is 0.516. The fourth-order valence-corrected chi connectivity index (χ4v) is 3.19. The zero-order valence-electron chi connectivity index (χ0n) is 11.5. The van der Waals surface area contributed by atoms with Crippen LogP contribution in [0.1, 0.15) is 39.5 Å². The van der Waals surface area contributed by atoms with Gasteiger partial charge in [-0.3, -0.25) is 0 Å². The Morgan fingerprint density at radius 3 is 2.44 bits per heavy atom. The van der Waals surface area contributed by atoms with Gasteiger partial charge in [0, 0.05) is 17.6 Å². The summed E-state index contributed by atoms with van der Waals surface area (Å²) in [5, 5.41) is 0. The molecule has 1 aliphatic carbocycles.